The van der Waals surface area contributed by atoms with Crippen LogP contribution in [0, 0.1) is 12.3 Å². The highest BCUT2D eigenvalue weighted by molar-refractivity contribution is 5.52. The number of terminal acetylenes is 1. The molecule has 0 spiro atoms. The summed E-state index contributed by atoms with van der Waals surface area (Å²) in [5.74, 6) is 4.35. The highest BCUT2D eigenvalue weighted by Gasteiger charge is 2.14. The van der Waals surface area contributed by atoms with Crippen LogP contribution in [0.15, 0.2) is 5.70 Å². The van der Waals surface area contributed by atoms with Gasteiger partial charge in [0, 0.05) is 13.1 Å². The highest BCUT2D eigenvalue weighted by Crippen LogP contribution is 2.14. The van der Waals surface area contributed by atoms with Crippen molar-refractivity contribution in [2.45, 2.75) is 19.3 Å². The molecule has 0 radical (unpaired) electrons. The van der Waals surface area contributed by atoms with Crippen molar-refractivity contribution in [3.63, 3.8) is 0 Å². The summed E-state index contributed by atoms with van der Waals surface area (Å²) in [7, 11) is 0. The van der Waals surface area contributed by atoms with Crippen molar-refractivity contribution in [2.24, 2.45) is 0 Å². The standard InChI is InChI=1S/C9H11NO/c1-2-5-9(8-11)10-6-3-4-7-10/h1H,3-7H2. The Bertz CT molecular complexity index is 214. The third-order valence-electron chi connectivity index (χ3n) is 1.88. The molecular formula is C9H11NO. The average Bonchev–Trinajstić information content (AvgIpc) is 2.52. The second kappa shape index (κ2) is 3.85. The highest BCUT2D eigenvalue weighted by atomic mass is 16.1. The first kappa shape index (κ1) is 7.91. The maximum atomic E-state index is 10.4. The molecule has 0 saturated carbocycles. The molecule has 11 heavy (non-hydrogen) atoms. The van der Waals surface area contributed by atoms with Gasteiger partial charge in [0.25, 0.3) is 0 Å². The molecule has 0 aromatic heterocycles. The lowest BCUT2D eigenvalue weighted by Gasteiger charge is -2.15. The Morgan fingerprint density at radius 2 is 2.09 bits per heavy atom. The molecule has 1 saturated heterocycles. The van der Waals surface area contributed by atoms with Crippen LogP contribution in [0.4, 0.5) is 0 Å². The van der Waals surface area contributed by atoms with Crippen LogP contribution in [0.1, 0.15) is 19.3 Å². The summed E-state index contributed by atoms with van der Waals surface area (Å²) in [6, 6.07) is 0. The number of nitrogens with zero attached hydrogens (tertiary/aromatic N) is 1. The van der Waals surface area contributed by atoms with Gasteiger partial charge in [-0.3, -0.25) is 0 Å². The zero-order valence-corrected chi connectivity index (χ0v) is 6.47. The van der Waals surface area contributed by atoms with Crippen LogP contribution in [-0.4, -0.2) is 23.9 Å². The Labute approximate surface area is 66.9 Å². The summed E-state index contributed by atoms with van der Waals surface area (Å²) in [4.78, 5) is 12.4. The summed E-state index contributed by atoms with van der Waals surface area (Å²) in [6.07, 6.45) is 7.84. The quantitative estimate of drug-likeness (QED) is 0.428. The first-order valence-electron chi connectivity index (χ1n) is 3.81. The van der Waals surface area contributed by atoms with Gasteiger partial charge in [0.2, 0.25) is 0 Å². The van der Waals surface area contributed by atoms with Gasteiger partial charge in [0.1, 0.15) is 11.6 Å². The number of rotatable bonds is 2. The SMILES string of the molecule is C#CCC(=C=O)N1CCCC1. The molecule has 0 bridgehead atoms. The van der Waals surface area contributed by atoms with Gasteiger partial charge in [-0.15, -0.1) is 6.42 Å². The van der Waals surface area contributed by atoms with Crippen LogP contribution in [-0.2, 0) is 4.79 Å². The van der Waals surface area contributed by atoms with Crippen molar-refractivity contribution in [1.29, 1.82) is 0 Å². The molecule has 0 amide bonds. The fourth-order valence-electron chi connectivity index (χ4n) is 1.30. The van der Waals surface area contributed by atoms with Gasteiger partial charge in [-0.2, -0.15) is 0 Å². The molecule has 0 aromatic carbocycles. The Balaban J connectivity index is 2.56. The van der Waals surface area contributed by atoms with E-state index in [2.05, 4.69) is 5.92 Å². The van der Waals surface area contributed by atoms with Crippen LogP contribution in [0.2, 0.25) is 0 Å². The fraction of sp³-hybridized carbons (Fsp3) is 0.556. The van der Waals surface area contributed by atoms with E-state index < -0.39 is 0 Å². The van der Waals surface area contributed by atoms with Crippen molar-refractivity contribution in [1.82, 2.24) is 4.90 Å². The Kier molecular flexibility index (Phi) is 2.77. The van der Waals surface area contributed by atoms with Crippen LogP contribution in [0.5, 0.6) is 0 Å². The van der Waals surface area contributed by atoms with Crippen molar-refractivity contribution in [3.8, 4) is 12.3 Å². The van der Waals surface area contributed by atoms with E-state index in [-0.39, 0.29) is 0 Å². The Morgan fingerprint density at radius 3 is 2.55 bits per heavy atom. The largest absolute Gasteiger partial charge is 0.365 e. The number of hydrogen-bond acceptors (Lipinski definition) is 2. The number of allylic oxidation sites excluding steroid dienone is 1. The normalized spacial score (nSPS) is 15.7. The molecule has 0 N–H and O–H groups in total. The molecular weight excluding hydrogens is 138 g/mol. The van der Waals surface area contributed by atoms with Crippen LogP contribution in [0.25, 0.3) is 0 Å². The predicted octanol–water partition coefficient (Wildman–Crippen LogP) is 0.821. The van der Waals surface area contributed by atoms with Gasteiger partial charge in [0.05, 0.1) is 6.42 Å². The number of likely N-dealkylation sites (tertiary alicyclic amines) is 1. The Morgan fingerprint density at radius 1 is 1.45 bits per heavy atom. The molecule has 2 nitrogen and oxygen atoms in total. The van der Waals surface area contributed by atoms with E-state index in [1.165, 1.54) is 0 Å². The maximum absolute atomic E-state index is 10.4. The zero-order chi connectivity index (χ0) is 8.10. The van der Waals surface area contributed by atoms with E-state index in [0.717, 1.165) is 25.9 Å². The number of carbonyl (C=O) groups excluding carboxylic acids is 1. The summed E-state index contributed by atoms with van der Waals surface area (Å²) < 4.78 is 0. The maximum Gasteiger partial charge on any atom is 0.146 e. The molecule has 1 rings (SSSR count). The molecule has 1 aliphatic heterocycles. The molecule has 0 aromatic rings. The van der Waals surface area contributed by atoms with Gasteiger partial charge >= 0.3 is 0 Å². The van der Waals surface area contributed by atoms with Crippen molar-refractivity contribution in [2.75, 3.05) is 13.1 Å². The molecule has 58 valence electrons. The minimum atomic E-state index is 0.420. The molecule has 1 heterocycles. The molecule has 0 unspecified atom stereocenters. The topological polar surface area (TPSA) is 20.3 Å². The second-order valence-corrected chi connectivity index (χ2v) is 2.62. The third kappa shape index (κ3) is 1.86. The zero-order valence-electron chi connectivity index (χ0n) is 6.47. The number of hydrogen-bond donors (Lipinski definition) is 0. The minimum absolute atomic E-state index is 0.420. The van der Waals surface area contributed by atoms with Crippen molar-refractivity contribution >= 4 is 5.94 Å². The molecule has 1 aliphatic rings. The van der Waals surface area contributed by atoms with Gasteiger partial charge in [0.15, 0.2) is 0 Å². The second-order valence-electron chi connectivity index (χ2n) is 2.62. The van der Waals surface area contributed by atoms with E-state index in [1.54, 1.807) is 0 Å². The lowest BCUT2D eigenvalue weighted by atomic mass is 10.3. The smallest absolute Gasteiger partial charge is 0.146 e. The summed E-state index contributed by atoms with van der Waals surface area (Å²) >= 11 is 0. The van der Waals surface area contributed by atoms with E-state index in [4.69, 9.17) is 6.42 Å². The van der Waals surface area contributed by atoms with E-state index >= 15 is 0 Å². The van der Waals surface area contributed by atoms with Crippen molar-refractivity contribution < 1.29 is 4.79 Å². The first-order valence-corrected chi connectivity index (χ1v) is 3.81. The fourth-order valence-corrected chi connectivity index (χ4v) is 1.30. The molecule has 0 atom stereocenters. The lowest BCUT2D eigenvalue weighted by Crippen LogP contribution is -2.18. The summed E-state index contributed by atoms with van der Waals surface area (Å²) in [6.45, 7) is 1.93. The van der Waals surface area contributed by atoms with Gasteiger partial charge in [-0.05, 0) is 12.8 Å². The third-order valence-corrected chi connectivity index (χ3v) is 1.88. The summed E-state index contributed by atoms with van der Waals surface area (Å²) in [5.41, 5.74) is 0.644. The minimum Gasteiger partial charge on any atom is -0.365 e. The van der Waals surface area contributed by atoms with Crippen LogP contribution < -0.4 is 0 Å². The molecule has 0 aliphatic carbocycles. The van der Waals surface area contributed by atoms with Gasteiger partial charge in [-0.1, -0.05) is 5.92 Å². The predicted molar refractivity (Wildman–Crippen MR) is 43.5 cm³/mol. The molecule has 1 fully saturated rings. The van der Waals surface area contributed by atoms with Gasteiger partial charge < -0.3 is 4.90 Å². The first-order chi connectivity index (χ1) is 5.38. The van der Waals surface area contributed by atoms with E-state index in [9.17, 15) is 4.79 Å². The van der Waals surface area contributed by atoms with Crippen molar-refractivity contribution in [3.05, 3.63) is 5.70 Å². The summed E-state index contributed by atoms with van der Waals surface area (Å²) in [5, 5.41) is 0. The monoisotopic (exact) mass is 149 g/mol. The van der Waals surface area contributed by atoms with Crippen LogP contribution >= 0.6 is 0 Å². The lowest BCUT2D eigenvalue weighted by molar-refractivity contribution is 0.420. The molecule has 2 heteroatoms. The van der Waals surface area contributed by atoms with E-state index in [0.29, 0.717) is 12.1 Å². The Hall–Kier alpha value is -1.19. The van der Waals surface area contributed by atoms with Gasteiger partial charge in [-0.25, -0.2) is 4.79 Å². The van der Waals surface area contributed by atoms with E-state index in [1.807, 2.05) is 10.8 Å². The van der Waals surface area contributed by atoms with Crippen LogP contribution in [0.3, 0.4) is 0 Å². The average molecular weight is 149 g/mol.